The Morgan fingerprint density at radius 2 is 1.73 bits per heavy atom. The predicted molar refractivity (Wildman–Crippen MR) is 109 cm³/mol. The molecule has 0 radical (unpaired) electrons. The summed E-state index contributed by atoms with van der Waals surface area (Å²) in [6.07, 6.45) is 8.89. The highest BCUT2D eigenvalue weighted by molar-refractivity contribution is 7.89. The van der Waals surface area contributed by atoms with E-state index in [-0.39, 0.29) is 6.04 Å². The first-order valence-corrected chi connectivity index (χ1v) is 10.8. The Morgan fingerprint density at radius 1 is 1.04 bits per heavy atom. The molecule has 0 spiro atoms. The van der Waals surface area contributed by atoms with Crippen LogP contribution in [0.5, 0.6) is 0 Å². The second kappa shape index (κ2) is 10.3. The van der Waals surface area contributed by atoms with Crippen LogP contribution in [0.25, 0.3) is 0 Å². The number of rotatable bonds is 10. The molecule has 3 nitrogen and oxygen atoms in total. The van der Waals surface area contributed by atoms with Crippen LogP contribution in [0.4, 0.5) is 0 Å². The number of aryl methyl sites for hydroxylation is 2. The molecule has 0 saturated carbocycles. The lowest BCUT2D eigenvalue weighted by Crippen LogP contribution is -2.33. The zero-order valence-electron chi connectivity index (χ0n) is 15.7. The van der Waals surface area contributed by atoms with Crippen molar-refractivity contribution >= 4 is 10.0 Å². The maximum atomic E-state index is 12.7. The van der Waals surface area contributed by atoms with E-state index in [4.69, 9.17) is 0 Å². The van der Waals surface area contributed by atoms with E-state index >= 15 is 0 Å². The molecule has 0 amide bonds. The quantitative estimate of drug-likeness (QED) is 0.471. The van der Waals surface area contributed by atoms with Crippen LogP contribution in [0.2, 0.25) is 0 Å². The van der Waals surface area contributed by atoms with Crippen LogP contribution < -0.4 is 4.72 Å². The van der Waals surface area contributed by atoms with E-state index in [1.165, 1.54) is 5.56 Å². The minimum atomic E-state index is -3.52. The second-order valence-electron chi connectivity index (χ2n) is 6.64. The molecular formula is C22H29NO2S. The molecule has 140 valence electrons. The summed E-state index contributed by atoms with van der Waals surface area (Å²) >= 11 is 0. The average molecular weight is 372 g/mol. The molecule has 2 aromatic rings. The highest BCUT2D eigenvalue weighted by Crippen LogP contribution is 2.13. The summed E-state index contributed by atoms with van der Waals surface area (Å²) in [6.45, 7) is 4.10. The van der Waals surface area contributed by atoms with Gasteiger partial charge in [0.15, 0.2) is 0 Å². The molecule has 1 unspecified atom stereocenters. The third kappa shape index (κ3) is 6.77. The van der Waals surface area contributed by atoms with E-state index in [9.17, 15) is 8.42 Å². The van der Waals surface area contributed by atoms with Gasteiger partial charge in [-0.05, 0) is 43.9 Å². The van der Waals surface area contributed by atoms with Gasteiger partial charge in [0.2, 0.25) is 10.0 Å². The first-order chi connectivity index (χ1) is 12.5. The van der Waals surface area contributed by atoms with Crippen LogP contribution in [-0.4, -0.2) is 14.5 Å². The molecule has 1 N–H and O–H groups in total. The number of allylic oxidation sites excluding steroid dienone is 1. The first-order valence-electron chi connectivity index (χ1n) is 9.31. The Bertz CT molecular complexity index is 781. The summed E-state index contributed by atoms with van der Waals surface area (Å²) in [5.74, 6) is 0. The zero-order chi connectivity index (χ0) is 18.8. The Labute approximate surface area is 158 Å². The van der Waals surface area contributed by atoms with E-state index in [1.807, 2.05) is 43.3 Å². The number of nitrogens with one attached hydrogen (secondary N) is 1. The Balaban J connectivity index is 2.08. The summed E-state index contributed by atoms with van der Waals surface area (Å²) < 4.78 is 28.3. The van der Waals surface area contributed by atoms with Crippen molar-refractivity contribution in [3.05, 3.63) is 77.9 Å². The van der Waals surface area contributed by atoms with Crippen molar-refractivity contribution in [2.45, 2.75) is 56.9 Å². The van der Waals surface area contributed by atoms with Gasteiger partial charge in [-0.1, -0.05) is 79.9 Å². The molecule has 26 heavy (non-hydrogen) atoms. The highest BCUT2D eigenvalue weighted by Gasteiger charge is 2.18. The van der Waals surface area contributed by atoms with Crippen molar-refractivity contribution in [2.24, 2.45) is 0 Å². The molecule has 1 atom stereocenters. The molecule has 2 aromatic carbocycles. The monoisotopic (exact) mass is 371 g/mol. The van der Waals surface area contributed by atoms with Crippen LogP contribution in [0.1, 0.15) is 43.7 Å². The third-order valence-corrected chi connectivity index (χ3v) is 5.82. The Morgan fingerprint density at radius 3 is 2.38 bits per heavy atom. The Hall–Kier alpha value is -1.91. The molecule has 0 aromatic heterocycles. The van der Waals surface area contributed by atoms with Gasteiger partial charge in [0.25, 0.3) is 0 Å². The lowest BCUT2D eigenvalue weighted by molar-refractivity contribution is 0.562. The van der Waals surface area contributed by atoms with Gasteiger partial charge < -0.3 is 0 Å². The van der Waals surface area contributed by atoms with E-state index in [1.54, 1.807) is 12.1 Å². The van der Waals surface area contributed by atoms with E-state index in [2.05, 4.69) is 29.9 Å². The predicted octanol–water partition coefficient (Wildman–Crippen LogP) is 5.02. The molecule has 0 saturated heterocycles. The Kier molecular flexibility index (Phi) is 8.07. The van der Waals surface area contributed by atoms with Gasteiger partial charge in [0, 0.05) is 6.04 Å². The first kappa shape index (κ1) is 20.4. The van der Waals surface area contributed by atoms with Crippen LogP contribution in [0, 0.1) is 6.92 Å². The summed E-state index contributed by atoms with van der Waals surface area (Å²) in [5.41, 5.74) is 2.26. The topological polar surface area (TPSA) is 46.2 Å². The number of hydrogen-bond acceptors (Lipinski definition) is 2. The van der Waals surface area contributed by atoms with Gasteiger partial charge in [-0.2, -0.15) is 0 Å². The van der Waals surface area contributed by atoms with Crippen molar-refractivity contribution in [3.8, 4) is 0 Å². The van der Waals surface area contributed by atoms with Gasteiger partial charge in [-0.15, -0.1) is 0 Å². The van der Waals surface area contributed by atoms with Gasteiger partial charge in [-0.3, -0.25) is 0 Å². The van der Waals surface area contributed by atoms with Crippen molar-refractivity contribution in [1.29, 1.82) is 0 Å². The smallest absolute Gasteiger partial charge is 0.207 e. The number of sulfonamides is 1. The van der Waals surface area contributed by atoms with Gasteiger partial charge >= 0.3 is 0 Å². The molecule has 0 aliphatic carbocycles. The van der Waals surface area contributed by atoms with Crippen molar-refractivity contribution < 1.29 is 8.42 Å². The van der Waals surface area contributed by atoms with Crippen LogP contribution >= 0.6 is 0 Å². The van der Waals surface area contributed by atoms with Crippen LogP contribution in [0.15, 0.2) is 71.6 Å². The van der Waals surface area contributed by atoms with Crippen molar-refractivity contribution in [1.82, 2.24) is 4.72 Å². The number of hydrogen-bond donors (Lipinski definition) is 1. The van der Waals surface area contributed by atoms with E-state index in [0.29, 0.717) is 4.90 Å². The molecule has 2 rings (SSSR count). The van der Waals surface area contributed by atoms with Crippen molar-refractivity contribution in [2.75, 3.05) is 0 Å². The van der Waals surface area contributed by atoms with Crippen LogP contribution in [0.3, 0.4) is 0 Å². The SMILES string of the molecule is CCCCC=CC(CCc1ccccc1)NS(=O)(=O)c1ccc(C)cc1. The van der Waals surface area contributed by atoms with Crippen molar-refractivity contribution in [3.63, 3.8) is 0 Å². The minimum Gasteiger partial charge on any atom is -0.207 e. The molecule has 0 bridgehead atoms. The second-order valence-corrected chi connectivity index (χ2v) is 8.35. The summed E-state index contributed by atoms with van der Waals surface area (Å²) in [5, 5.41) is 0. The van der Waals surface area contributed by atoms with Gasteiger partial charge in [0.1, 0.15) is 0 Å². The maximum Gasteiger partial charge on any atom is 0.241 e. The minimum absolute atomic E-state index is 0.210. The number of benzene rings is 2. The molecule has 0 fully saturated rings. The molecule has 0 aliphatic rings. The van der Waals surface area contributed by atoms with E-state index < -0.39 is 10.0 Å². The fraction of sp³-hybridized carbons (Fsp3) is 0.364. The molecular weight excluding hydrogens is 342 g/mol. The fourth-order valence-corrected chi connectivity index (χ4v) is 3.95. The lowest BCUT2D eigenvalue weighted by atomic mass is 10.1. The third-order valence-electron chi connectivity index (χ3n) is 4.32. The zero-order valence-corrected chi connectivity index (χ0v) is 16.5. The highest BCUT2D eigenvalue weighted by atomic mass is 32.2. The van der Waals surface area contributed by atoms with Gasteiger partial charge in [0.05, 0.1) is 4.90 Å². The molecule has 0 aliphatic heterocycles. The lowest BCUT2D eigenvalue weighted by Gasteiger charge is -2.16. The van der Waals surface area contributed by atoms with E-state index in [0.717, 1.165) is 37.7 Å². The normalized spacial score (nSPS) is 13.2. The molecule has 0 heterocycles. The molecule has 4 heteroatoms. The summed E-state index contributed by atoms with van der Waals surface area (Å²) in [4.78, 5) is 0.315. The average Bonchev–Trinajstić information content (AvgIpc) is 2.64. The largest absolute Gasteiger partial charge is 0.241 e. The van der Waals surface area contributed by atoms with Crippen LogP contribution in [-0.2, 0) is 16.4 Å². The fourth-order valence-electron chi connectivity index (χ4n) is 2.73. The maximum absolute atomic E-state index is 12.7. The summed E-state index contributed by atoms with van der Waals surface area (Å²) in [7, 11) is -3.52. The summed E-state index contributed by atoms with van der Waals surface area (Å²) in [6, 6.07) is 16.9. The van der Waals surface area contributed by atoms with Gasteiger partial charge in [-0.25, -0.2) is 13.1 Å². The standard InChI is InChI=1S/C22H29NO2S/c1-3-4-5-9-12-21(16-15-20-10-7-6-8-11-20)23-26(24,25)22-17-13-19(2)14-18-22/h6-14,17-18,21,23H,3-5,15-16H2,1-2H3. The number of unbranched alkanes of at least 4 members (excludes halogenated alkanes) is 2.